The molecule has 0 saturated carbocycles. The molecule has 0 aliphatic heterocycles. The number of aromatic nitrogens is 2. The van der Waals surface area contributed by atoms with Crippen molar-refractivity contribution < 1.29 is 4.39 Å². The van der Waals surface area contributed by atoms with E-state index in [2.05, 4.69) is 10.4 Å². The maximum atomic E-state index is 13.0. The summed E-state index contributed by atoms with van der Waals surface area (Å²) in [6, 6.07) is 6.42. The van der Waals surface area contributed by atoms with Crippen LogP contribution in [-0.4, -0.2) is 16.3 Å². The van der Waals surface area contributed by atoms with Crippen LogP contribution in [0.5, 0.6) is 0 Å². The van der Waals surface area contributed by atoms with Crippen molar-refractivity contribution in [1.29, 1.82) is 0 Å². The first-order valence-corrected chi connectivity index (χ1v) is 5.75. The van der Waals surface area contributed by atoms with Gasteiger partial charge in [-0.3, -0.25) is 4.68 Å². The van der Waals surface area contributed by atoms with Crippen LogP contribution in [0.15, 0.2) is 36.7 Å². The van der Waals surface area contributed by atoms with Crippen LogP contribution in [0.3, 0.4) is 0 Å². The molecule has 0 spiro atoms. The van der Waals surface area contributed by atoms with Crippen molar-refractivity contribution in [3.05, 3.63) is 53.1 Å². The van der Waals surface area contributed by atoms with E-state index in [9.17, 15) is 4.39 Å². The molecule has 5 heteroatoms. The van der Waals surface area contributed by atoms with Gasteiger partial charge in [-0.15, -0.1) is 0 Å². The minimum Gasteiger partial charge on any atom is -0.311 e. The van der Waals surface area contributed by atoms with Gasteiger partial charge in [-0.05, 0) is 29.8 Å². The van der Waals surface area contributed by atoms with E-state index in [0.29, 0.717) is 11.6 Å². The largest absolute Gasteiger partial charge is 0.311 e. The molecule has 0 aliphatic carbocycles. The maximum absolute atomic E-state index is 13.0. The number of nitrogens with zero attached hydrogens (tertiary/aromatic N) is 2. The normalized spacial score (nSPS) is 10.7. The first-order valence-electron chi connectivity index (χ1n) is 5.37. The Bertz CT molecular complexity index is 450. The van der Waals surface area contributed by atoms with E-state index in [-0.39, 0.29) is 5.82 Å². The van der Waals surface area contributed by atoms with Crippen LogP contribution in [0, 0.1) is 5.82 Å². The lowest BCUT2D eigenvalue weighted by atomic mass is 10.2. The van der Waals surface area contributed by atoms with E-state index in [1.807, 2.05) is 16.9 Å². The molecule has 90 valence electrons. The summed E-state index contributed by atoms with van der Waals surface area (Å²) in [7, 11) is 0. The highest BCUT2D eigenvalue weighted by Crippen LogP contribution is 2.13. The van der Waals surface area contributed by atoms with Gasteiger partial charge in [0.2, 0.25) is 0 Å². The Morgan fingerprint density at radius 2 is 2.24 bits per heavy atom. The minimum atomic E-state index is -0.304. The molecule has 3 nitrogen and oxygen atoms in total. The number of benzene rings is 1. The van der Waals surface area contributed by atoms with Gasteiger partial charge in [0.05, 0.1) is 6.54 Å². The minimum absolute atomic E-state index is 0.304. The molecular weight excluding hydrogens is 241 g/mol. The third-order valence-electron chi connectivity index (χ3n) is 2.33. The summed E-state index contributed by atoms with van der Waals surface area (Å²) >= 11 is 5.76. The average Bonchev–Trinajstić information content (AvgIpc) is 2.76. The first kappa shape index (κ1) is 12.1. The Hall–Kier alpha value is -1.39. The molecule has 1 aromatic heterocycles. The maximum Gasteiger partial charge on any atom is 0.125 e. The second kappa shape index (κ2) is 5.80. The van der Waals surface area contributed by atoms with E-state index >= 15 is 0 Å². The Morgan fingerprint density at radius 1 is 1.35 bits per heavy atom. The molecule has 0 bridgehead atoms. The van der Waals surface area contributed by atoms with Crippen molar-refractivity contribution in [2.24, 2.45) is 0 Å². The van der Waals surface area contributed by atoms with Gasteiger partial charge in [-0.25, -0.2) is 4.39 Å². The Morgan fingerprint density at radius 3 is 2.94 bits per heavy atom. The van der Waals surface area contributed by atoms with Gasteiger partial charge < -0.3 is 5.32 Å². The molecule has 1 aromatic carbocycles. The van der Waals surface area contributed by atoms with Gasteiger partial charge in [0.15, 0.2) is 0 Å². The molecule has 2 aromatic rings. The summed E-state index contributed by atoms with van der Waals surface area (Å²) in [5, 5.41) is 7.72. The number of rotatable bonds is 5. The van der Waals surface area contributed by atoms with E-state index in [1.54, 1.807) is 12.3 Å². The lowest BCUT2D eigenvalue weighted by Gasteiger charge is -2.06. The van der Waals surface area contributed by atoms with Gasteiger partial charge in [0, 0.05) is 30.5 Å². The summed E-state index contributed by atoms with van der Waals surface area (Å²) < 4.78 is 14.9. The van der Waals surface area contributed by atoms with Crippen LogP contribution in [0.2, 0.25) is 5.02 Å². The van der Waals surface area contributed by atoms with Crippen molar-refractivity contribution in [2.75, 3.05) is 6.54 Å². The highest BCUT2D eigenvalue weighted by atomic mass is 35.5. The third-order valence-corrected chi connectivity index (χ3v) is 2.55. The molecule has 0 radical (unpaired) electrons. The van der Waals surface area contributed by atoms with Crippen molar-refractivity contribution in [3.8, 4) is 0 Å². The van der Waals surface area contributed by atoms with Gasteiger partial charge in [0.25, 0.3) is 0 Å². The second-order valence-electron chi connectivity index (χ2n) is 3.72. The number of hydrogen-bond donors (Lipinski definition) is 1. The van der Waals surface area contributed by atoms with Gasteiger partial charge >= 0.3 is 0 Å². The van der Waals surface area contributed by atoms with Gasteiger partial charge in [-0.1, -0.05) is 11.6 Å². The standard InChI is InChI=1S/C12H13ClFN3/c13-11-6-10(7-12(14)8-11)9-15-3-5-17-4-1-2-16-17/h1-2,4,6-8,15H,3,5,9H2. The van der Waals surface area contributed by atoms with E-state index in [4.69, 9.17) is 11.6 Å². The van der Waals surface area contributed by atoms with Crippen LogP contribution in [0.1, 0.15) is 5.56 Å². The van der Waals surface area contributed by atoms with Crippen LogP contribution in [-0.2, 0) is 13.1 Å². The second-order valence-corrected chi connectivity index (χ2v) is 4.16. The molecule has 1 heterocycles. The topological polar surface area (TPSA) is 29.9 Å². The fourth-order valence-corrected chi connectivity index (χ4v) is 1.82. The average molecular weight is 254 g/mol. The quantitative estimate of drug-likeness (QED) is 0.830. The third kappa shape index (κ3) is 3.84. The molecule has 17 heavy (non-hydrogen) atoms. The number of halogens is 2. The zero-order valence-corrected chi connectivity index (χ0v) is 9.99. The molecule has 1 N–H and O–H groups in total. The molecule has 0 amide bonds. The SMILES string of the molecule is Fc1cc(Cl)cc(CNCCn2cccn2)c1. The van der Waals surface area contributed by atoms with Crippen molar-refractivity contribution in [3.63, 3.8) is 0 Å². The fraction of sp³-hybridized carbons (Fsp3) is 0.250. The summed E-state index contributed by atoms with van der Waals surface area (Å²) in [6.45, 7) is 2.16. The molecule has 0 saturated heterocycles. The molecule has 2 rings (SSSR count). The Balaban J connectivity index is 1.78. The molecular formula is C12H13ClFN3. The predicted octanol–water partition coefficient (Wildman–Crippen LogP) is 2.47. The van der Waals surface area contributed by atoms with Crippen molar-refractivity contribution in [1.82, 2.24) is 15.1 Å². The molecule has 0 unspecified atom stereocenters. The molecule has 0 atom stereocenters. The highest BCUT2D eigenvalue weighted by molar-refractivity contribution is 6.30. The van der Waals surface area contributed by atoms with Crippen LogP contribution in [0.25, 0.3) is 0 Å². The lowest BCUT2D eigenvalue weighted by Crippen LogP contribution is -2.19. The zero-order chi connectivity index (χ0) is 12.1. The summed E-state index contributed by atoms with van der Waals surface area (Å²) in [5.41, 5.74) is 0.843. The highest BCUT2D eigenvalue weighted by Gasteiger charge is 1.99. The van der Waals surface area contributed by atoms with Crippen molar-refractivity contribution >= 4 is 11.6 Å². The monoisotopic (exact) mass is 253 g/mol. The molecule has 0 fully saturated rings. The Labute approximate surface area is 104 Å². The fourth-order valence-electron chi connectivity index (χ4n) is 1.57. The van der Waals surface area contributed by atoms with E-state index < -0.39 is 0 Å². The smallest absolute Gasteiger partial charge is 0.125 e. The number of hydrogen-bond acceptors (Lipinski definition) is 2. The first-order chi connectivity index (χ1) is 8.24. The summed E-state index contributed by atoms with van der Waals surface area (Å²) in [6.07, 6.45) is 3.65. The van der Waals surface area contributed by atoms with E-state index in [0.717, 1.165) is 18.7 Å². The zero-order valence-electron chi connectivity index (χ0n) is 9.24. The Kier molecular flexibility index (Phi) is 4.12. The van der Waals surface area contributed by atoms with Crippen LogP contribution in [0.4, 0.5) is 4.39 Å². The number of nitrogens with one attached hydrogen (secondary N) is 1. The lowest BCUT2D eigenvalue weighted by molar-refractivity contribution is 0.553. The predicted molar refractivity (Wildman–Crippen MR) is 65.3 cm³/mol. The summed E-state index contributed by atoms with van der Waals surface area (Å²) in [4.78, 5) is 0. The molecule has 0 aliphatic rings. The van der Waals surface area contributed by atoms with Crippen molar-refractivity contribution in [2.45, 2.75) is 13.1 Å². The van der Waals surface area contributed by atoms with Crippen LogP contribution >= 0.6 is 11.6 Å². The van der Waals surface area contributed by atoms with Gasteiger partial charge in [0.1, 0.15) is 5.82 Å². The van der Waals surface area contributed by atoms with E-state index in [1.165, 1.54) is 12.1 Å². The van der Waals surface area contributed by atoms with Crippen LogP contribution < -0.4 is 5.32 Å². The summed E-state index contributed by atoms with van der Waals surface area (Å²) in [5.74, 6) is -0.304. The van der Waals surface area contributed by atoms with Gasteiger partial charge in [-0.2, -0.15) is 5.10 Å².